The molecule has 2 atom stereocenters. The van der Waals surface area contributed by atoms with Crippen LogP contribution in [0.25, 0.3) is 0 Å². The number of likely N-dealkylation sites (tertiary alicyclic amines) is 1. The zero-order valence-corrected chi connectivity index (χ0v) is 17.5. The fraction of sp³-hybridized carbons (Fsp3) is 0.682. The van der Waals surface area contributed by atoms with Crippen molar-refractivity contribution in [3.05, 3.63) is 29.8 Å². The lowest BCUT2D eigenvalue weighted by molar-refractivity contribution is 0.0521. The monoisotopic (exact) mass is 404 g/mol. The summed E-state index contributed by atoms with van der Waals surface area (Å²) in [5, 5.41) is 0. The van der Waals surface area contributed by atoms with Gasteiger partial charge in [0.25, 0.3) is 5.91 Å². The molecule has 0 N–H and O–H groups in total. The molecule has 6 heteroatoms. The number of sulfonamides is 1. The summed E-state index contributed by atoms with van der Waals surface area (Å²) in [4.78, 5) is 15.2. The molecule has 1 aromatic carbocycles. The van der Waals surface area contributed by atoms with Gasteiger partial charge in [-0.15, -0.1) is 0 Å². The largest absolute Gasteiger partial charge is 0.338 e. The van der Waals surface area contributed by atoms with Crippen LogP contribution in [-0.2, 0) is 10.0 Å². The van der Waals surface area contributed by atoms with E-state index in [1.54, 1.807) is 28.6 Å². The molecule has 0 bridgehead atoms. The number of amides is 1. The van der Waals surface area contributed by atoms with Crippen molar-refractivity contribution in [2.24, 2.45) is 11.8 Å². The molecular weight excluding hydrogens is 372 g/mol. The van der Waals surface area contributed by atoms with Crippen molar-refractivity contribution >= 4 is 15.9 Å². The summed E-state index contributed by atoms with van der Waals surface area (Å²) >= 11 is 0. The number of nitrogens with zero attached hydrogens (tertiary/aromatic N) is 2. The Morgan fingerprint density at radius 1 is 0.786 bits per heavy atom. The fourth-order valence-corrected chi connectivity index (χ4v) is 6.69. The van der Waals surface area contributed by atoms with E-state index in [0.717, 1.165) is 51.1 Å². The van der Waals surface area contributed by atoms with Crippen LogP contribution >= 0.6 is 0 Å². The van der Waals surface area contributed by atoms with Gasteiger partial charge in [0, 0.05) is 31.7 Å². The Kier molecular flexibility index (Phi) is 6.07. The van der Waals surface area contributed by atoms with Crippen LogP contribution in [0.3, 0.4) is 0 Å². The van der Waals surface area contributed by atoms with Gasteiger partial charge in [-0.25, -0.2) is 8.42 Å². The van der Waals surface area contributed by atoms with E-state index in [1.807, 2.05) is 4.90 Å². The smallest absolute Gasteiger partial charge is 0.253 e. The van der Waals surface area contributed by atoms with Crippen LogP contribution in [0.5, 0.6) is 0 Å². The molecule has 5 nitrogen and oxygen atoms in total. The number of benzene rings is 1. The first-order valence-corrected chi connectivity index (χ1v) is 12.4. The topological polar surface area (TPSA) is 57.7 Å². The van der Waals surface area contributed by atoms with Gasteiger partial charge in [-0.2, -0.15) is 4.31 Å². The van der Waals surface area contributed by atoms with E-state index in [0.29, 0.717) is 29.5 Å². The van der Waals surface area contributed by atoms with Crippen molar-refractivity contribution in [2.45, 2.75) is 62.7 Å². The average Bonchev–Trinajstić information content (AvgIpc) is 3.03. The highest BCUT2D eigenvalue weighted by Crippen LogP contribution is 2.36. The molecular formula is C22H32N2O3S. The Bertz CT molecular complexity index is 783. The van der Waals surface area contributed by atoms with Crippen molar-refractivity contribution in [3.8, 4) is 0 Å². The van der Waals surface area contributed by atoms with E-state index in [-0.39, 0.29) is 5.91 Å². The van der Waals surface area contributed by atoms with Crippen LogP contribution in [0.1, 0.15) is 68.1 Å². The quantitative estimate of drug-likeness (QED) is 0.768. The molecule has 1 saturated carbocycles. The predicted octanol–water partition coefficient (Wildman–Crippen LogP) is 3.90. The second kappa shape index (κ2) is 8.54. The number of hydrogen-bond acceptors (Lipinski definition) is 3. The molecule has 0 radical (unpaired) electrons. The van der Waals surface area contributed by atoms with Gasteiger partial charge in [0.2, 0.25) is 10.0 Å². The van der Waals surface area contributed by atoms with Crippen molar-refractivity contribution in [3.63, 3.8) is 0 Å². The van der Waals surface area contributed by atoms with E-state index in [4.69, 9.17) is 0 Å². The molecule has 3 aliphatic rings. The van der Waals surface area contributed by atoms with Gasteiger partial charge in [-0.05, 0) is 61.8 Å². The second-order valence-electron chi connectivity index (χ2n) is 8.69. The summed E-state index contributed by atoms with van der Waals surface area (Å²) in [5.74, 6) is 1.48. The maximum absolute atomic E-state index is 12.9. The third-order valence-electron chi connectivity index (χ3n) is 6.88. The predicted molar refractivity (Wildman–Crippen MR) is 110 cm³/mol. The van der Waals surface area contributed by atoms with E-state index in [9.17, 15) is 13.2 Å². The van der Waals surface area contributed by atoms with E-state index in [2.05, 4.69) is 0 Å². The van der Waals surface area contributed by atoms with Crippen LogP contribution in [0.2, 0.25) is 0 Å². The minimum Gasteiger partial charge on any atom is -0.338 e. The molecule has 1 amide bonds. The highest BCUT2D eigenvalue weighted by Gasteiger charge is 2.33. The maximum Gasteiger partial charge on any atom is 0.253 e. The summed E-state index contributed by atoms with van der Waals surface area (Å²) in [7, 11) is -3.46. The highest BCUT2D eigenvalue weighted by atomic mass is 32.2. The van der Waals surface area contributed by atoms with Crippen LogP contribution in [0.4, 0.5) is 0 Å². The van der Waals surface area contributed by atoms with Gasteiger partial charge in [-0.3, -0.25) is 4.79 Å². The average molecular weight is 405 g/mol. The first-order valence-electron chi connectivity index (χ1n) is 11.0. The fourth-order valence-electron chi connectivity index (χ4n) is 5.17. The maximum atomic E-state index is 12.9. The lowest BCUT2D eigenvalue weighted by Crippen LogP contribution is -2.44. The minimum atomic E-state index is -3.46. The van der Waals surface area contributed by atoms with Crippen molar-refractivity contribution in [1.29, 1.82) is 0 Å². The van der Waals surface area contributed by atoms with Crippen LogP contribution in [-0.4, -0.2) is 49.7 Å². The second-order valence-corrected chi connectivity index (χ2v) is 10.6. The molecule has 28 heavy (non-hydrogen) atoms. The van der Waals surface area contributed by atoms with Crippen molar-refractivity contribution < 1.29 is 13.2 Å². The van der Waals surface area contributed by atoms with Crippen molar-refractivity contribution in [1.82, 2.24) is 9.21 Å². The molecule has 0 aromatic heterocycles. The van der Waals surface area contributed by atoms with E-state index in [1.165, 1.54) is 25.7 Å². The number of carbonyl (C=O) groups excluding carboxylic acids is 1. The van der Waals surface area contributed by atoms with E-state index < -0.39 is 10.0 Å². The number of piperidine rings is 1. The van der Waals surface area contributed by atoms with Crippen LogP contribution in [0, 0.1) is 11.8 Å². The molecule has 0 spiro atoms. The Balaban J connectivity index is 1.44. The highest BCUT2D eigenvalue weighted by molar-refractivity contribution is 7.89. The first-order chi connectivity index (χ1) is 13.6. The number of hydrogen-bond donors (Lipinski definition) is 0. The lowest BCUT2D eigenvalue weighted by Gasteiger charge is -2.41. The van der Waals surface area contributed by atoms with E-state index >= 15 is 0 Å². The molecule has 2 heterocycles. The summed E-state index contributed by atoms with van der Waals surface area (Å²) < 4.78 is 27.4. The zero-order chi connectivity index (χ0) is 19.6. The summed E-state index contributed by atoms with van der Waals surface area (Å²) in [6.45, 7) is 2.88. The van der Waals surface area contributed by atoms with Gasteiger partial charge in [-0.1, -0.05) is 32.1 Å². The Morgan fingerprint density at radius 3 is 2.11 bits per heavy atom. The van der Waals surface area contributed by atoms with Gasteiger partial charge in [0.15, 0.2) is 0 Å². The molecule has 2 saturated heterocycles. The summed E-state index contributed by atoms with van der Waals surface area (Å²) in [6, 6.07) is 6.61. The first kappa shape index (κ1) is 19.9. The van der Waals surface area contributed by atoms with Crippen LogP contribution in [0.15, 0.2) is 29.2 Å². The minimum absolute atomic E-state index is 0.0442. The SMILES string of the molecule is O=C(c1ccc(S(=O)(=O)N2CCCCCC2)cc1)N1CC[C@H]2CCCC[C@H]2C1. The summed E-state index contributed by atoms with van der Waals surface area (Å²) in [5.41, 5.74) is 0.601. The Hall–Kier alpha value is -1.40. The standard InChI is InChI=1S/C22H32N2O3S/c25-22(23-16-13-18-7-3-4-8-20(18)17-23)19-9-11-21(12-10-19)28(26,27)24-14-5-1-2-6-15-24/h9-12,18,20H,1-8,13-17H2/t18-,20+/m1/s1. The molecule has 154 valence electrons. The lowest BCUT2D eigenvalue weighted by atomic mass is 9.75. The number of rotatable bonds is 3. The molecule has 1 aromatic rings. The van der Waals surface area contributed by atoms with Gasteiger partial charge < -0.3 is 4.90 Å². The van der Waals surface area contributed by atoms with Gasteiger partial charge in [0.05, 0.1) is 4.90 Å². The normalized spacial score (nSPS) is 27.1. The number of fused-ring (bicyclic) bond motifs is 1. The summed E-state index contributed by atoms with van der Waals surface area (Å²) in [6.07, 6.45) is 10.3. The van der Waals surface area contributed by atoms with Crippen molar-refractivity contribution in [2.75, 3.05) is 26.2 Å². The third kappa shape index (κ3) is 4.13. The zero-order valence-electron chi connectivity index (χ0n) is 16.7. The van der Waals surface area contributed by atoms with Crippen LogP contribution < -0.4 is 0 Å². The number of carbonyl (C=O) groups is 1. The molecule has 4 rings (SSSR count). The Morgan fingerprint density at radius 2 is 1.43 bits per heavy atom. The van der Waals surface area contributed by atoms with Gasteiger partial charge >= 0.3 is 0 Å². The molecule has 0 unspecified atom stereocenters. The van der Waals surface area contributed by atoms with Gasteiger partial charge in [0.1, 0.15) is 0 Å². The molecule has 1 aliphatic carbocycles. The molecule has 2 aliphatic heterocycles. The molecule has 3 fully saturated rings. The Labute approximate surface area is 169 Å². The third-order valence-corrected chi connectivity index (χ3v) is 8.80.